The van der Waals surface area contributed by atoms with Crippen molar-refractivity contribution >= 4 is 55.0 Å². The number of para-hydroxylation sites is 3. The molecule has 0 atom stereocenters. The molecule has 0 bridgehead atoms. The standard InChI is InChI=1S/C45H29N5/c1-47-33-20-23-35(44(27-33)50-43-24-17-29(28-46)25-39(43)38-13-8-14-40(48-2)45(38)50)32-10-7-9-31(26-32)30-18-21-34(22-19-30)49-41-15-5-3-11-36(41)37-12-4-6-16-42(37)49/h3-27,48H,2H3. The lowest BCUT2D eigenvalue weighted by Gasteiger charge is -2.17. The van der Waals surface area contributed by atoms with Crippen LogP contribution in [0.4, 0.5) is 11.4 Å². The van der Waals surface area contributed by atoms with Crippen LogP contribution in [0.25, 0.3) is 82.1 Å². The fourth-order valence-corrected chi connectivity index (χ4v) is 7.48. The summed E-state index contributed by atoms with van der Waals surface area (Å²) in [5.41, 5.74) is 12.8. The molecule has 2 heterocycles. The van der Waals surface area contributed by atoms with Crippen molar-refractivity contribution in [2.75, 3.05) is 12.4 Å². The van der Waals surface area contributed by atoms with Gasteiger partial charge in [-0.1, -0.05) is 91.0 Å². The maximum absolute atomic E-state index is 9.72. The molecule has 0 radical (unpaired) electrons. The lowest BCUT2D eigenvalue weighted by atomic mass is 9.97. The number of nitriles is 1. The summed E-state index contributed by atoms with van der Waals surface area (Å²) in [5, 5.41) is 17.6. The number of rotatable bonds is 5. The van der Waals surface area contributed by atoms with Crippen LogP contribution < -0.4 is 5.32 Å². The van der Waals surface area contributed by atoms with Gasteiger partial charge in [-0.15, -0.1) is 0 Å². The summed E-state index contributed by atoms with van der Waals surface area (Å²) in [4.78, 5) is 3.81. The molecule has 9 aromatic rings. The van der Waals surface area contributed by atoms with Gasteiger partial charge in [-0.3, -0.25) is 0 Å². The average Bonchev–Trinajstić information content (AvgIpc) is 3.70. The molecule has 0 saturated carbocycles. The first-order chi connectivity index (χ1) is 24.7. The summed E-state index contributed by atoms with van der Waals surface area (Å²) >= 11 is 0. The van der Waals surface area contributed by atoms with E-state index in [0.29, 0.717) is 11.3 Å². The minimum atomic E-state index is 0.561. The number of nitrogens with zero attached hydrogens (tertiary/aromatic N) is 4. The van der Waals surface area contributed by atoms with Gasteiger partial charge in [0.05, 0.1) is 46.0 Å². The minimum Gasteiger partial charge on any atom is -0.386 e. The fraction of sp³-hybridized carbons (Fsp3) is 0.0222. The van der Waals surface area contributed by atoms with Crippen LogP contribution in [-0.4, -0.2) is 16.2 Å². The first-order valence-corrected chi connectivity index (χ1v) is 16.5. The first-order valence-electron chi connectivity index (χ1n) is 16.5. The Labute approximate surface area is 289 Å². The predicted octanol–water partition coefficient (Wildman–Crippen LogP) is 11.7. The van der Waals surface area contributed by atoms with E-state index in [-0.39, 0.29) is 0 Å². The molecule has 1 N–H and O–H groups in total. The van der Waals surface area contributed by atoms with Crippen molar-refractivity contribution in [2.45, 2.75) is 0 Å². The van der Waals surface area contributed by atoms with Gasteiger partial charge in [0.25, 0.3) is 0 Å². The summed E-state index contributed by atoms with van der Waals surface area (Å²) in [6.07, 6.45) is 0. The van der Waals surface area contributed by atoms with E-state index in [0.717, 1.165) is 61.1 Å². The number of hydrogen-bond acceptors (Lipinski definition) is 2. The highest BCUT2D eigenvalue weighted by Gasteiger charge is 2.19. The SMILES string of the molecule is [C-]#[N+]c1ccc(-c2cccc(-c3ccc(-n4c5ccccc5c5ccccc54)cc3)c2)c(-n2c3ccc(C#N)cc3c3cccc(NC)c32)c1. The molecule has 0 amide bonds. The van der Waals surface area contributed by atoms with Crippen molar-refractivity contribution in [2.24, 2.45) is 0 Å². The van der Waals surface area contributed by atoms with Gasteiger partial charge in [-0.25, -0.2) is 4.85 Å². The number of anilines is 1. The Bertz CT molecular complexity index is 2820. The van der Waals surface area contributed by atoms with Crippen LogP contribution in [0.5, 0.6) is 0 Å². The summed E-state index contributed by atoms with van der Waals surface area (Å²) < 4.78 is 4.57. The molecule has 0 aliphatic carbocycles. The van der Waals surface area contributed by atoms with E-state index >= 15 is 0 Å². The monoisotopic (exact) mass is 639 g/mol. The van der Waals surface area contributed by atoms with E-state index in [1.807, 2.05) is 43.4 Å². The van der Waals surface area contributed by atoms with E-state index in [1.54, 1.807) is 0 Å². The zero-order chi connectivity index (χ0) is 33.8. The van der Waals surface area contributed by atoms with Crippen molar-refractivity contribution in [3.63, 3.8) is 0 Å². The Kier molecular flexibility index (Phi) is 6.73. The second kappa shape index (κ2) is 11.6. The van der Waals surface area contributed by atoms with Crippen LogP contribution >= 0.6 is 0 Å². The zero-order valence-corrected chi connectivity index (χ0v) is 27.2. The largest absolute Gasteiger partial charge is 0.386 e. The molecule has 2 aromatic heterocycles. The van der Waals surface area contributed by atoms with Gasteiger partial charge < -0.3 is 14.5 Å². The number of hydrogen-bond donors (Lipinski definition) is 1. The molecular formula is C45H29N5. The van der Waals surface area contributed by atoms with Crippen LogP contribution in [0.3, 0.4) is 0 Å². The Balaban J connectivity index is 1.19. The second-order valence-electron chi connectivity index (χ2n) is 12.4. The number of aromatic nitrogens is 2. The van der Waals surface area contributed by atoms with E-state index in [9.17, 15) is 5.26 Å². The third-order valence-electron chi connectivity index (χ3n) is 9.75. The van der Waals surface area contributed by atoms with E-state index in [2.05, 4.69) is 141 Å². The molecule has 50 heavy (non-hydrogen) atoms. The molecule has 0 aliphatic rings. The Morgan fingerprint density at radius 1 is 0.580 bits per heavy atom. The third kappa shape index (κ3) is 4.46. The van der Waals surface area contributed by atoms with Gasteiger partial charge in [-0.05, 0) is 77.4 Å². The fourth-order valence-electron chi connectivity index (χ4n) is 7.48. The van der Waals surface area contributed by atoms with Crippen LogP contribution in [0.15, 0.2) is 152 Å². The Morgan fingerprint density at radius 2 is 1.26 bits per heavy atom. The number of fused-ring (bicyclic) bond motifs is 6. The molecule has 0 aliphatic heterocycles. The highest BCUT2D eigenvalue weighted by molar-refractivity contribution is 6.14. The maximum atomic E-state index is 9.72. The average molecular weight is 640 g/mol. The normalized spacial score (nSPS) is 11.3. The zero-order valence-electron chi connectivity index (χ0n) is 27.2. The smallest absolute Gasteiger partial charge is 0.189 e. The van der Waals surface area contributed by atoms with Gasteiger partial charge in [-0.2, -0.15) is 5.26 Å². The molecule has 5 heteroatoms. The molecule has 0 saturated heterocycles. The van der Waals surface area contributed by atoms with Crippen molar-refractivity contribution in [3.8, 4) is 39.7 Å². The van der Waals surface area contributed by atoms with E-state index < -0.39 is 0 Å². The molecule has 0 spiro atoms. The predicted molar refractivity (Wildman–Crippen MR) is 207 cm³/mol. The summed E-state index contributed by atoms with van der Waals surface area (Å²) in [6.45, 7) is 7.87. The minimum absolute atomic E-state index is 0.561. The molecule has 5 nitrogen and oxygen atoms in total. The second-order valence-corrected chi connectivity index (χ2v) is 12.4. The Hall–Kier alpha value is -7.08. The molecule has 0 unspecified atom stereocenters. The van der Waals surface area contributed by atoms with Crippen molar-refractivity contribution in [3.05, 3.63) is 169 Å². The van der Waals surface area contributed by atoms with Crippen LogP contribution in [-0.2, 0) is 0 Å². The summed E-state index contributed by atoms with van der Waals surface area (Å²) in [7, 11) is 1.92. The highest BCUT2D eigenvalue weighted by Crippen LogP contribution is 2.41. The molecule has 7 aromatic carbocycles. The number of benzene rings is 7. The lowest BCUT2D eigenvalue weighted by molar-refractivity contribution is 1.18. The van der Waals surface area contributed by atoms with Gasteiger partial charge in [0, 0.05) is 45.5 Å². The van der Waals surface area contributed by atoms with Crippen molar-refractivity contribution in [1.29, 1.82) is 5.26 Å². The van der Waals surface area contributed by atoms with Crippen LogP contribution in [0.2, 0.25) is 0 Å². The van der Waals surface area contributed by atoms with Crippen molar-refractivity contribution < 1.29 is 0 Å². The van der Waals surface area contributed by atoms with Gasteiger partial charge in [0.2, 0.25) is 0 Å². The topological polar surface area (TPSA) is 50.0 Å². The van der Waals surface area contributed by atoms with Crippen LogP contribution in [0, 0.1) is 17.9 Å². The van der Waals surface area contributed by atoms with Crippen molar-refractivity contribution in [1.82, 2.24) is 9.13 Å². The van der Waals surface area contributed by atoms with Gasteiger partial charge >= 0.3 is 0 Å². The highest BCUT2D eigenvalue weighted by atomic mass is 15.0. The summed E-state index contributed by atoms with van der Waals surface area (Å²) in [5.74, 6) is 0. The van der Waals surface area contributed by atoms with E-state index in [4.69, 9.17) is 6.57 Å². The lowest BCUT2D eigenvalue weighted by Crippen LogP contribution is -2.00. The third-order valence-corrected chi connectivity index (χ3v) is 9.75. The van der Waals surface area contributed by atoms with Gasteiger partial charge in [0.1, 0.15) is 0 Å². The van der Waals surface area contributed by atoms with Crippen LogP contribution in [0.1, 0.15) is 5.56 Å². The molecule has 9 rings (SSSR count). The maximum Gasteiger partial charge on any atom is 0.189 e. The number of nitrogens with one attached hydrogen (secondary N) is 1. The molecular weight excluding hydrogens is 611 g/mol. The van der Waals surface area contributed by atoms with Gasteiger partial charge in [0.15, 0.2) is 5.69 Å². The molecule has 0 fully saturated rings. The molecule has 234 valence electrons. The Morgan fingerprint density at radius 3 is 1.98 bits per heavy atom. The first kappa shape index (κ1) is 29.1. The quantitative estimate of drug-likeness (QED) is 0.191. The van der Waals surface area contributed by atoms with E-state index in [1.165, 1.54) is 21.8 Å². The summed E-state index contributed by atoms with van der Waals surface area (Å²) in [6, 6.07) is 54.8.